The van der Waals surface area contributed by atoms with Crippen LogP contribution >= 0.6 is 0 Å². The third-order valence-electron chi connectivity index (χ3n) is 3.50. The fraction of sp³-hybridized carbons (Fsp3) is 0.353. The average molecular weight is 301 g/mol. The van der Waals surface area contributed by atoms with Gasteiger partial charge in [0.2, 0.25) is 0 Å². The van der Waals surface area contributed by atoms with Crippen molar-refractivity contribution < 1.29 is 9.21 Å². The molecule has 118 valence electrons. The van der Waals surface area contributed by atoms with Gasteiger partial charge in [-0.25, -0.2) is 4.79 Å². The van der Waals surface area contributed by atoms with E-state index in [1.165, 1.54) is 0 Å². The van der Waals surface area contributed by atoms with E-state index < -0.39 is 0 Å². The molecule has 2 rings (SSSR count). The van der Waals surface area contributed by atoms with Gasteiger partial charge in [0.1, 0.15) is 5.76 Å². The van der Waals surface area contributed by atoms with Crippen molar-refractivity contribution in [1.82, 2.24) is 9.80 Å². The van der Waals surface area contributed by atoms with Crippen LogP contribution in [0.15, 0.2) is 53.1 Å². The summed E-state index contributed by atoms with van der Waals surface area (Å²) < 4.78 is 5.45. The normalized spacial score (nSPS) is 12.2. The molecular formula is C17H23N3O2. The molecule has 0 radical (unpaired) electrons. The predicted octanol–water partition coefficient (Wildman–Crippen LogP) is 3.44. The Hall–Kier alpha value is -2.27. The maximum Gasteiger partial charge on any atom is 0.322 e. The maximum absolute atomic E-state index is 12.6. The number of rotatable bonds is 6. The summed E-state index contributed by atoms with van der Waals surface area (Å²) in [6.07, 6.45) is 1.63. The van der Waals surface area contributed by atoms with Gasteiger partial charge in [0.05, 0.1) is 12.3 Å². The van der Waals surface area contributed by atoms with Crippen molar-refractivity contribution in [3.63, 3.8) is 0 Å². The van der Waals surface area contributed by atoms with E-state index in [1.54, 1.807) is 11.2 Å². The number of anilines is 1. The van der Waals surface area contributed by atoms with Crippen LogP contribution in [-0.4, -0.2) is 43.0 Å². The van der Waals surface area contributed by atoms with Gasteiger partial charge in [0.25, 0.3) is 0 Å². The number of carbonyl (C=O) groups excluding carboxylic acids is 1. The minimum Gasteiger partial charge on any atom is -0.467 e. The molecule has 5 nitrogen and oxygen atoms in total. The molecule has 0 fully saturated rings. The zero-order chi connectivity index (χ0) is 15.9. The molecule has 0 saturated carbocycles. The van der Waals surface area contributed by atoms with Crippen molar-refractivity contribution >= 4 is 11.7 Å². The summed E-state index contributed by atoms with van der Waals surface area (Å²) >= 11 is 0. The van der Waals surface area contributed by atoms with Gasteiger partial charge in [-0.1, -0.05) is 18.2 Å². The van der Waals surface area contributed by atoms with Crippen molar-refractivity contribution in [3.8, 4) is 0 Å². The molecule has 1 N–H and O–H groups in total. The van der Waals surface area contributed by atoms with Gasteiger partial charge in [-0.15, -0.1) is 0 Å². The highest BCUT2D eigenvalue weighted by molar-refractivity contribution is 5.89. The predicted molar refractivity (Wildman–Crippen MR) is 87.8 cm³/mol. The molecule has 0 aliphatic rings. The molecule has 1 unspecified atom stereocenters. The van der Waals surface area contributed by atoms with Crippen molar-refractivity contribution in [3.05, 3.63) is 54.5 Å². The lowest BCUT2D eigenvalue weighted by Gasteiger charge is -2.29. The molecule has 1 aromatic heterocycles. The summed E-state index contributed by atoms with van der Waals surface area (Å²) in [4.78, 5) is 16.5. The first-order valence-corrected chi connectivity index (χ1v) is 7.38. The third-order valence-corrected chi connectivity index (χ3v) is 3.50. The van der Waals surface area contributed by atoms with Crippen LogP contribution < -0.4 is 5.32 Å². The van der Waals surface area contributed by atoms with Gasteiger partial charge >= 0.3 is 6.03 Å². The highest BCUT2D eigenvalue weighted by atomic mass is 16.3. The Morgan fingerprint density at radius 2 is 1.86 bits per heavy atom. The van der Waals surface area contributed by atoms with Crippen molar-refractivity contribution in [1.29, 1.82) is 0 Å². The Morgan fingerprint density at radius 3 is 2.45 bits per heavy atom. The van der Waals surface area contributed by atoms with E-state index in [-0.39, 0.29) is 12.1 Å². The molecule has 1 aromatic carbocycles. The minimum absolute atomic E-state index is 0.126. The van der Waals surface area contributed by atoms with Gasteiger partial charge in [0.15, 0.2) is 0 Å². The molecule has 1 atom stereocenters. The Kier molecular flexibility index (Phi) is 5.61. The number of furan rings is 1. The SMILES string of the molecule is CC(c1ccco1)N(CCN(C)C)C(=O)Nc1ccccc1. The van der Waals surface area contributed by atoms with Crippen LogP contribution in [0.3, 0.4) is 0 Å². The molecule has 0 aliphatic heterocycles. The van der Waals surface area contributed by atoms with Gasteiger partial charge in [-0.3, -0.25) is 0 Å². The first-order valence-electron chi connectivity index (χ1n) is 7.38. The quantitative estimate of drug-likeness (QED) is 0.889. The number of hydrogen-bond acceptors (Lipinski definition) is 3. The first kappa shape index (κ1) is 16.1. The molecule has 0 spiro atoms. The fourth-order valence-electron chi connectivity index (χ4n) is 2.18. The second kappa shape index (κ2) is 7.66. The van der Waals surface area contributed by atoms with E-state index in [0.717, 1.165) is 18.0 Å². The van der Waals surface area contributed by atoms with Crippen LogP contribution in [0.2, 0.25) is 0 Å². The van der Waals surface area contributed by atoms with Crippen LogP contribution in [-0.2, 0) is 0 Å². The molecule has 1 heterocycles. The topological polar surface area (TPSA) is 48.7 Å². The lowest BCUT2D eigenvalue weighted by atomic mass is 10.2. The summed E-state index contributed by atoms with van der Waals surface area (Å²) in [6, 6.07) is 12.9. The average Bonchev–Trinajstić information content (AvgIpc) is 3.02. The third kappa shape index (κ3) is 4.36. The zero-order valence-electron chi connectivity index (χ0n) is 13.3. The first-order chi connectivity index (χ1) is 10.6. The number of urea groups is 1. The lowest BCUT2D eigenvalue weighted by Crippen LogP contribution is -2.41. The van der Waals surface area contributed by atoms with Crippen LogP contribution in [0.5, 0.6) is 0 Å². The number of amides is 2. The monoisotopic (exact) mass is 301 g/mol. The molecule has 5 heteroatoms. The van der Waals surface area contributed by atoms with Crippen LogP contribution in [0.25, 0.3) is 0 Å². The van der Waals surface area contributed by atoms with Gasteiger partial charge in [0, 0.05) is 18.8 Å². The van der Waals surface area contributed by atoms with Crippen LogP contribution in [0.4, 0.5) is 10.5 Å². The van der Waals surface area contributed by atoms with Gasteiger partial charge in [-0.2, -0.15) is 0 Å². The molecule has 2 aromatic rings. The molecule has 0 bridgehead atoms. The van der Waals surface area contributed by atoms with Crippen molar-refractivity contribution in [2.45, 2.75) is 13.0 Å². The number of carbonyl (C=O) groups is 1. The molecule has 2 amide bonds. The number of nitrogens with one attached hydrogen (secondary N) is 1. The Balaban J connectivity index is 2.10. The van der Waals surface area contributed by atoms with E-state index in [0.29, 0.717) is 6.54 Å². The molecule has 22 heavy (non-hydrogen) atoms. The summed E-state index contributed by atoms with van der Waals surface area (Å²) in [5, 5.41) is 2.94. The number of para-hydroxylation sites is 1. The zero-order valence-corrected chi connectivity index (χ0v) is 13.3. The van der Waals surface area contributed by atoms with Crippen LogP contribution in [0, 0.1) is 0 Å². The minimum atomic E-state index is -0.128. The number of nitrogens with zero attached hydrogens (tertiary/aromatic N) is 2. The Bertz CT molecular complexity index is 567. The number of benzene rings is 1. The van der Waals surface area contributed by atoms with Crippen molar-refractivity contribution in [2.75, 3.05) is 32.5 Å². The molecule has 0 aliphatic carbocycles. The summed E-state index contributed by atoms with van der Waals surface area (Å²) in [7, 11) is 3.98. The number of likely N-dealkylation sites (N-methyl/N-ethyl adjacent to an activating group) is 1. The molecular weight excluding hydrogens is 278 g/mol. The number of hydrogen-bond donors (Lipinski definition) is 1. The van der Waals surface area contributed by atoms with E-state index in [1.807, 2.05) is 63.5 Å². The second-order valence-corrected chi connectivity index (χ2v) is 5.48. The Morgan fingerprint density at radius 1 is 1.14 bits per heavy atom. The fourth-order valence-corrected chi connectivity index (χ4v) is 2.18. The van der Waals surface area contributed by atoms with Gasteiger partial charge in [-0.05, 0) is 45.3 Å². The van der Waals surface area contributed by atoms with Crippen LogP contribution in [0.1, 0.15) is 18.7 Å². The standard InChI is InChI=1S/C17H23N3O2/c1-14(16-10-7-13-22-16)20(12-11-19(2)3)17(21)18-15-8-5-4-6-9-15/h4-10,13-14H,11-12H2,1-3H3,(H,18,21). The molecule has 0 saturated heterocycles. The summed E-state index contributed by atoms with van der Waals surface area (Å²) in [6.45, 7) is 3.37. The van der Waals surface area contributed by atoms with E-state index in [2.05, 4.69) is 10.2 Å². The highest BCUT2D eigenvalue weighted by Gasteiger charge is 2.23. The second-order valence-electron chi connectivity index (χ2n) is 5.48. The van der Waals surface area contributed by atoms with E-state index >= 15 is 0 Å². The van der Waals surface area contributed by atoms with Crippen molar-refractivity contribution in [2.24, 2.45) is 0 Å². The maximum atomic E-state index is 12.6. The lowest BCUT2D eigenvalue weighted by molar-refractivity contribution is 0.176. The smallest absolute Gasteiger partial charge is 0.322 e. The summed E-state index contributed by atoms with van der Waals surface area (Å²) in [5.41, 5.74) is 0.786. The summed E-state index contributed by atoms with van der Waals surface area (Å²) in [5.74, 6) is 0.780. The van der Waals surface area contributed by atoms with Gasteiger partial charge < -0.3 is 19.5 Å². The van der Waals surface area contributed by atoms with E-state index in [4.69, 9.17) is 4.42 Å². The Labute approximate surface area is 131 Å². The highest BCUT2D eigenvalue weighted by Crippen LogP contribution is 2.21. The van der Waals surface area contributed by atoms with E-state index in [9.17, 15) is 4.79 Å². The largest absolute Gasteiger partial charge is 0.467 e.